The van der Waals surface area contributed by atoms with Crippen LogP contribution in [0.2, 0.25) is 0 Å². The number of benzene rings is 1. The Kier molecular flexibility index (Phi) is 5.81. The predicted octanol–water partition coefficient (Wildman–Crippen LogP) is 3.61. The molecule has 1 saturated heterocycles. The minimum atomic E-state index is -0.528. The summed E-state index contributed by atoms with van der Waals surface area (Å²) in [6, 6.07) is 6.09. The molecule has 1 aromatic carbocycles. The fourth-order valence-electron chi connectivity index (χ4n) is 2.98. The zero-order chi connectivity index (χ0) is 19.6. The summed E-state index contributed by atoms with van der Waals surface area (Å²) in [5.41, 5.74) is 0.171. The summed E-state index contributed by atoms with van der Waals surface area (Å²) in [7, 11) is 2.13. The Morgan fingerprint density at radius 1 is 1.19 bits per heavy atom. The van der Waals surface area contributed by atoms with E-state index in [9.17, 15) is 9.18 Å². The molecule has 7 heteroatoms. The van der Waals surface area contributed by atoms with E-state index >= 15 is 0 Å². The Hall–Kier alpha value is -1.99. The molecule has 1 aliphatic rings. The number of amides is 1. The summed E-state index contributed by atoms with van der Waals surface area (Å²) in [6.45, 7) is 10.1. The molecule has 0 aliphatic carbocycles. The van der Waals surface area contributed by atoms with Crippen LogP contribution in [-0.2, 0) is 11.3 Å². The molecular formula is C20H27FN4OS. The molecule has 1 fully saturated rings. The van der Waals surface area contributed by atoms with E-state index in [2.05, 4.69) is 21.8 Å². The van der Waals surface area contributed by atoms with Gasteiger partial charge >= 0.3 is 0 Å². The standard InChI is InChI=1S/C20H27FN4OS/c1-20(2,3)18(26)25(16-7-5-15(21)6-8-16)14-17-13-22-19(27-17)24-11-9-23(4)10-12-24/h5-8,13H,9-12,14H2,1-4H3. The van der Waals surface area contributed by atoms with Gasteiger partial charge in [0.25, 0.3) is 0 Å². The topological polar surface area (TPSA) is 39.7 Å². The minimum Gasteiger partial charge on any atom is -0.346 e. The van der Waals surface area contributed by atoms with Gasteiger partial charge in [0, 0.05) is 48.4 Å². The fourth-order valence-corrected chi connectivity index (χ4v) is 3.93. The molecular weight excluding hydrogens is 363 g/mol. The van der Waals surface area contributed by atoms with E-state index in [1.165, 1.54) is 12.1 Å². The second kappa shape index (κ2) is 7.94. The maximum atomic E-state index is 13.3. The third kappa shape index (κ3) is 4.84. The van der Waals surface area contributed by atoms with Crippen molar-refractivity contribution in [3.8, 4) is 0 Å². The van der Waals surface area contributed by atoms with Crippen molar-refractivity contribution >= 4 is 28.1 Å². The van der Waals surface area contributed by atoms with Crippen LogP contribution >= 0.6 is 11.3 Å². The number of piperazine rings is 1. The molecule has 27 heavy (non-hydrogen) atoms. The van der Waals surface area contributed by atoms with E-state index in [0.717, 1.165) is 36.2 Å². The summed E-state index contributed by atoms with van der Waals surface area (Å²) < 4.78 is 13.3. The average Bonchev–Trinajstić information content (AvgIpc) is 3.08. The van der Waals surface area contributed by atoms with Gasteiger partial charge < -0.3 is 14.7 Å². The number of rotatable bonds is 4. The van der Waals surface area contributed by atoms with Crippen molar-refractivity contribution in [3.63, 3.8) is 0 Å². The zero-order valence-electron chi connectivity index (χ0n) is 16.4. The Morgan fingerprint density at radius 2 is 1.81 bits per heavy atom. The largest absolute Gasteiger partial charge is 0.346 e. The molecule has 0 radical (unpaired) electrons. The second-order valence-electron chi connectivity index (χ2n) is 8.02. The smallest absolute Gasteiger partial charge is 0.232 e. The lowest BCUT2D eigenvalue weighted by Gasteiger charge is -2.32. The number of anilines is 2. The number of thiazole rings is 1. The highest BCUT2D eigenvalue weighted by atomic mass is 32.1. The first-order valence-electron chi connectivity index (χ1n) is 9.20. The van der Waals surface area contributed by atoms with Gasteiger partial charge in [0.05, 0.1) is 6.54 Å². The molecule has 146 valence electrons. The Labute approximate surface area is 164 Å². The number of carbonyl (C=O) groups is 1. The molecule has 0 unspecified atom stereocenters. The number of aromatic nitrogens is 1. The lowest BCUT2D eigenvalue weighted by atomic mass is 9.94. The number of likely N-dealkylation sites (N-methyl/N-ethyl adjacent to an activating group) is 1. The van der Waals surface area contributed by atoms with Gasteiger partial charge in [0.1, 0.15) is 5.82 Å². The van der Waals surface area contributed by atoms with Gasteiger partial charge in [-0.1, -0.05) is 20.8 Å². The van der Waals surface area contributed by atoms with Gasteiger partial charge in [-0.15, -0.1) is 11.3 Å². The summed E-state index contributed by atoms with van der Waals surface area (Å²) in [6.07, 6.45) is 1.85. The van der Waals surface area contributed by atoms with Crippen LogP contribution in [0, 0.1) is 11.2 Å². The average molecular weight is 391 g/mol. The van der Waals surface area contributed by atoms with Crippen molar-refractivity contribution in [1.29, 1.82) is 0 Å². The zero-order valence-corrected chi connectivity index (χ0v) is 17.2. The molecule has 1 amide bonds. The van der Waals surface area contributed by atoms with Gasteiger partial charge in [0.15, 0.2) is 5.13 Å². The van der Waals surface area contributed by atoms with Crippen LogP contribution in [0.15, 0.2) is 30.5 Å². The molecule has 1 aliphatic heterocycles. The SMILES string of the molecule is CN1CCN(c2ncc(CN(C(=O)C(C)(C)C)c3ccc(F)cc3)s2)CC1. The number of hydrogen-bond acceptors (Lipinski definition) is 5. The number of carbonyl (C=O) groups excluding carboxylic acids is 1. The van der Waals surface area contributed by atoms with Crippen molar-refractivity contribution < 1.29 is 9.18 Å². The number of halogens is 1. The third-order valence-corrected chi connectivity index (χ3v) is 5.70. The lowest BCUT2D eigenvalue weighted by molar-refractivity contribution is -0.125. The van der Waals surface area contributed by atoms with E-state index in [4.69, 9.17) is 0 Å². The molecule has 0 spiro atoms. The van der Waals surface area contributed by atoms with Gasteiger partial charge in [-0.05, 0) is 31.3 Å². The first kappa shape index (κ1) is 19.8. The van der Waals surface area contributed by atoms with E-state index in [0.29, 0.717) is 12.2 Å². The van der Waals surface area contributed by atoms with Gasteiger partial charge in [-0.25, -0.2) is 9.37 Å². The van der Waals surface area contributed by atoms with Crippen molar-refractivity contribution in [2.45, 2.75) is 27.3 Å². The second-order valence-corrected chi connectivity index (χ2v) is 9.11. The predicted molar refractivity (Wildman–Crippen MR) is 109 cm³/mol. The molecule has 0 bridgehead atoms. The van der Waals surface area contributed by atoms with E-state index in [1.807, 2.05) is 27.0 Å². The summed E-state index contributed by atoms with van der Waals surface area (Å²) in [5.74, 6) is -0.305. The van der Waals surface area contributed by atoms with Crippen LogP contribution in [0.5, 0.6) is 0 Å². The lowest BCUT2D eigenvalue weighted by Crippen LogP contribution is -2.44. The first-order valence-corrected chi connectivity index (χ1v) is 10.0. The highest BCUT2D eigenvalue weighted by Gasteiger charge is 2.29. The van der Waals surface area contributed by atoms with Crippen LogP contribution in [0.1, 0.15) is 25.6 Å². The number of hydrogen-bond donors (Lipinski definition) is 0. The normalized spacial score (nSPS) is 15.8. The first-order chi connectivity index (χ1) is 12.7. The van der Waals surface area contributed by atoms with E-state index < -0.39 is 5.41 Å². The highest BCUT2D eigenvalue weighted by molar-refractivity contribution is 7.15. The summed E-state index contributed by atoms with van der Waals surface area (Å²) in [5, 5.41) is 1.00. The van der Waals surface area contributed by atoms with Crippen LogP contribution in [0.3, 0.4) is 0 Å². The van der Waals surface area contributed by atoms with Crippen molar-refractivity contribution in [2.75, 3.05) is 43.0 Å². The molecule has 2 heterocycles. The third-order valence-electron chi connectivity index (χ3n) is 4.65. The maximum Gasteiger partial charge on any atom is 0.232 e. The van der Waals surface area contributed by atoms with E-state index in [-0.39, 0.29) is 11.7 Å². The molecule has 0 N–H and O–H groups in total. The minimum absolute atomic E-state index is 0.00338. The monoisotopic (exact) mass is 390 g/mol. The molecule has 3 rings (SSSR count). The van der Waals surface area contributed by atoms with Crippen LogP contribution < -0.4 is 9.80 Å². The highest BCUT2D eigenvalue weighted by Crippen LogP contribution is 2.29. The van der Waals surface area contributed by atoms with Crippen LogP contribution in [0.25, 0.3) is 0 Å². The summed E-state index contributed by atoms with van der Waals surface area (Å²) >= 11 is 1.62. The molecule has 1 aromatic heterocycles. The van der Waals surface area contributed by atoms with Gasteiger partial charge in [-0.2, -0.15) is 0 Å². The Bertz CT molecular complexity index is 776. The Balaban J connectivity index is 1.80. The molecule has 2 aromatic rings. The quantitative estimate of drug-likeness (QED) is 0.800. The number of nitrogens with zero attached hydrogens (tertiary/aromatic N) is 4. The van der Waals surface area contributed by atoms with Gasteiger partial charge in [-0.3, -0.25) is 4.79 Å². The summed E-state index contributed by atoms with van der Waals surface area (Å²) in [4.78, 5) is 24.9. The maximum absolute atomic E-state index is 13.3. The van der Waals surface area contributed by atoms with E-state index in [1.54, 1.807) is 28.4 Å². The van der Waals surface area contributed by atoms with Gasteiger partial charge in [0.2, 0.25) is 5.91 Å². The van der Waals surface area contributed by atoms with Crippen LogP contribution in [-0.4, -0.2) is 49.0 Å². The Morgan fingerprint density at radius 3 is 2.41 bits per heavy atom. The van der Waals surface area contributed by atoms with Crippen molar-refractivity contribution in [3.05, 3.63) is 41.2 Å². The van der Waals surface area contributed by atoms with Crippen molar-refractivity contribution in [1.82, 2.24) is 9.88 Å². The fraction of sp³-hybridized carbons (Fsp3) is 0.500. The molecule has 0 atom stereocenters. The van der Waals surface area contributed by atoms with Crippen LogP contribution in [0.4, 0.5) is 15.2 Å². The van der Waals surface area contributed by atoms with Crippen molar-refractivity contribution in [2.24, 2.45) is 5.41 Å². The molecule has 5 nitrogen and oxygen atoms in total. The molecule has 0 saturated carbocycles.